The minimum absolute atomic E-state index is 0.267. The van der Waals surface area contributed by atoms with Gasteiger partial charge in [0.1, 0.15) is 5.75 Å². The molecule has 31 heavy (non-hydrogen) atoms. The number of hydrogen-bond donors (Lipinski definition) is 0. The maximum atomic E-state index is 12.9. The number of halogens is 5. The van der Waals surface area contributed by atoms with E-state index in [1.165, 1.54) is 13.0 Å². The van der Waals surface area contributed by atoms with Gasteiger partial charge in [-0.1, -0.05) is 23.2 Å². The van der Waals surface area contributed by atoms with Gasteiger partial charge in [0.2, 0.25) is 0 Å². The Balaban J connectivity index is 2.09. The molecule has 164 valence electrons. The molecule has 0 spiro atoms. The Hall–Kier alpha value is -2.83. The van der Waals surface area contributed by atoms with Crippen LogP contribution in [-0.2, 0) is 16.2 Å². The number of alkyl halides is 3. The van der Waals surface area contributed by atoms with Crippen LogP contribution in [0.2, 0.25) is 10.0 Å². The van der Waals surface area contributed by atoms with Gasteiger partial charge in [-0.3, -0.25) is 10.1 Å². The smallest absolute Gasteiger partial charge is 0.416 e. The van der Waals surface area contributed by atoms with Gasteiger partial charge >= 0.3 is 6.18 Å². The number of hydrogen-bond acceptors (Lipinski definition) is 6. The van der Waals surface area contributed by atoms with Crippen molar-refractivity contribution < 1.29 is 31.2 Å². The van der Waals surface area contributed by atoms with E-state index in [9.17, 15) is 31.7 Å². The van der Waals surface area contributed by atoms with Gasteiger partial charge in [-0.25, -0.2) is 0 Å². The molecule has 0 amide bonds. The van der Waals surface area contributed by atoms with Crippen molar-refractivity contribution in [2.75, 3.05) is 0 Å². The summed E-state index contributed by atoms with van der Waals surface area (Å²) in [5.74, 6) is -0.653. The molecule has 0 radical (unpaired) electrons. The highest BCUT2D eigenvalue weighted by Gasteiger charge is 2.33. The number of ether oxygens (including phenoxy) is 1. The predicted molar refractivity (Wildman–Crippen MR) is 104 cm³/mol. The molecule has 0 saturated carbocycles. The molecular weight excluding hydrogens is 486 g/mol. The lowest BCUT2D eigenvalue weighted by Crippen LogP contribution is -2.15. The predicted octanol–water partition coefficient (Wildman–Crippen LogP) is 5.45. The molecule has 0 fully saturated rings. The van der Waals surface area contributed by atoms with Crippen LogP contribution in [0.4, 0.5) is 18.9 Å². The van der Waals surface area contributed by atoms with Crippen LogP contribution in [0, 0.1) is 17.0 Å². The topological polar surface area (TPSA) is 104 Å². The molecule has 0 N–H and O–H groups in total. The maximum Gasteiger partial charge on any atom is 0.416 e. The molecule has 0 aliphatic carbocycles. The van der Waals surface area contributed by atoms with Crippen LogP contribution >= 0.6 is 23.2 Å². The van der Waals surface area contributed by atoms with Gasteiger partial charge in [-0.05, 0) is 31.2 Å². The second-order valence-electron chi connectivity index (χ2n) is 6.09. The van der Waals surface area contributed by atoms with Crippen LogP contribution in [0.3, 0.4) is 0 Å². The molecule has 0 aliphatic rings. The van der Waals surface area contributed by atoms with Crippen LogP contribution in [0.25, 0.3) is 0 Å². The fourth-order valence-electron chi connectivity index (χ4n) is 2.48. The Morgan fingerprint density at radius 3 is 2.23 bits per heavy atom. The fraction of sp³-hybridized carbons (Fsp3) is 0.118. The third-order valence-corrected chi connectivity index (χ3v) is 6.04. The molecular formula is C17H10Cl2F3N3O5S. The number of nitro groups is 1. The molecule has 0 bridgehead atoms. The number of benzene rings is 2. The molecule has 8 nitrogen and oxygen atoms in total. The molecule has 0 aliphatic heterocycles. The summed E-state index contributed by atoms with van der Waals surface area (Å²) < 4.78 is 70.2. The number of aryl methyl sites for hydroxylation is 1. The molecule has 0 saturated heterocycles. The highest BCUT2D eigenvalue weighted by atomic mass is 35.5. The SMILES string of the molecule is Cc1ccn(S(=O)(=O)c2cc(Oc3c(Cl)cc(C(F)(F)F)cc3Cl)ccc2[N+](=O)[O-])n1. The number of rotatable bonds is 5. The third kappa shape index (κ3) is 4.60. The van der Waals surface area contributed by atoms with Crippen LogP contribution in [0.15, 0.2) is 47.5 Å². The standard InChI is InChI=1S/C17H10Cl2F3N3O5S/c1-9-4-5-24(23-9)31(28,29)15-8-11(2-3-14(15)25(26)27)30-16-12(18)6-10(7-13(16)19)17(20,21)22/h2-8H,1H3. The first kappa shape index (κ1) is 22.8. The van der Waals surface area contributed by atoms with Crippen LogP contribution in [0.1, 0.15) is 11.3 Å². The van der Waals surface area contributed by atoms with Crippen molar-refractivity contribution in [3.63, 3.8) is 0 Å². The second-order valence-corrected chi connectivity index (χ2v) is 8.67. The summed E-state index contributed by atoms with van der Waals surface area (Å²) in [6.45, 7) is 1.52. The first-order valence-electron chi connectivity index (χ1n) is 8.11. The Bertz CT molecular complexity index is 1270. The van der Waals surface area contributed by atoms with E-state index < -0.39 is 47.3 Å². The van der Waals surface area contributed by atoms with Crippen molar-refractivity contribution in [1.82, 2.24) is 9.19 Å². The summed E-state index contributed by atoms with van der Waals surface area (Å²) in [6.07, 6.45) is -3.60. The first-order valence-corrected chi connectivity index (χ1v) is 10.3. The van der Waals surface area contributed by atoms with Gasteiger partial charge in [0, 0.05) is 18.3 Å². The molecule has 2 aromatic carbocycles. The van der Waals surface area contributed by atoms with Crippen molar-refractivity contribution in [3.8, 4) is 11.5 Å². The van der Waals surface area contributed by atoms with Crippen molar-refractivity contribution in [2.24, 2.45) is 0 Å². The van der Waals surface area contributed by atoms with Crippen LogP contribution in [0.5, 0.6) is 11.5 Å². The lowest BCUT2D eigenvalue weighted by molar-refractivity contribution is -0.387. The van der Waals surface area contributed by atoms with E-state index in [1.807, 2.05) is 0 Å². The highest BCUT2D eigenvalue weighted by Crippen LogP contribution is 2.42. The van der Waals surface area contributed by atoms with Gasteiger partial charge in [0.25, 0.3) is 15.7 Å². The monoisotopic (exact) mass is 495 g/mol. The normalized spacial score (nSPS) is 12.1. The van der Waals surface area contributed by atoms with Crippen molar-refractivity contribution in [2.45, 2.75) is 18.0 Å². The summed E-state index contributed by atoms with van der Waals surface area (Å²) in [7, 11) is -4.49. The quantitative estimate of drug-likeness (QED) is 0.344. The lowest BCUT2D eigenvalue weighted by atomic mass is 10.2. The van der Waals surface area contributed by atoms with E-state index in [4.69, 9.17) is 27.9 Å². The Kier molecular flexibility index (Phi) is 5.91. The van der Waals surface area contributed by atoms with Gasteiger partial charge in [-0.2, -0.15) is 30.8 Å². The zero-order valence-electron chi connectivity index (χ0n) is 15.2. The van der Waals surface area contributed by atoms with Crippen molar-refractivity contribution >= 4 is 38.9 Å². The van der Waals surface area contributed by atoms with E-state index in [0.29, 0.717) is 21.9 Å². The molecule has 3 rings (SSSR count). The zero-order valence-corrected chi connectivity index (χ0v) is 17.6. The maximum absolute atomic E-state index is 12.9. The molecule has 0 unspecified atom stereocenters. The highest BCUT2D eigenvalue weighted by molar-refractivity contribution is 7.90. The van der Waals surface area contributed by atoms with Gasteiger partial charge < -0.3 is 4.74 Å². The minimum Gasteiger partial charge on any atom is -0.454 e. The Morgan fingerprint density at radius 2 is 1.74 bits per heavy atom. The second kappa shape index (κ2) is 8.02. The summed E-state index contributed by atoms with van der Waals surface area (Å²) >= 11 is 11.7. The molecule has 3 aromatic rings. The zero-order chi connectivity index (χ0) is 23.1. The Morgan fingerprint density at radius 1 is 1.13 bits per heavy atom. The first-order chi connectivity index (χ1) is 14.3. The Labute approximate surface area is 183 Å². The van der Waals surface area contributed by atoms with E-state index in [0.717, 1.165) is 24.4 Å². The lowest BCUT2D eigenvalue weighted by Gasteiger charge is -2.14. The summed E-state index contributed by atoms with van der Waals surface area (Å²) in [5, 5.41) is 14.1. The number of nitrogens with zero attached hydrogens (tertiary/aromatic N) is 3. The summed E-state index contributed by atoms with van der Waals surface area (Å²) in [4.78, 5) is 9.67. The minimum atomic E-state index is -4.71. The van der Waals surface area contributed by atoms with Gasteiger partial charge in [0.15, 0.2) is 10.6 Å². The fourth-order valence-corrected chi connectivity index (χ4v) is 4.38. The molecule has 14 heteroatoms. The average Bonchev–Trinajstić information content (AvgIpc) is 3.10. The van der Waals surface area contributed by atoms with Crippen LogP contribution in [-0.4, -0.2) is 22.5 Å². The summed E-state index contributed by atoms with van der Waals surface area (Å²) in [5.41, 5.74) is -1.53. The summed E-state index contributed by atoms with van der Waals surface area (Å²) in [6, 6.07) is 5.29. The number of aromatic nitrogens is 2. The van der Waals surface area contributed by atoms with E-state index >= 15 is 0 Å². The average molecular weight is 496 g/mol. The van der Waals surface area contributed by atoms with E-state index in [-0.39, 0.29) is 11.5 Å². The van der Waals surface area contributed by atoms with Gasteiger partial charge in [-0.15, -0.1) is 0 Å². The molecule has 1 aromatic heterocycles. The van der Waals surface area contributed by atoms with E-state index in [1.54, 1.807) is 0 Å². The third-order valence-electron chi connectivity index (χ3n) is 3.90. The van der Waals surface area contributed by atoms with Crippen LogP contribution < -0.4 is 4.74 Å². The van der Waals surface area contributed by atoms with E-state index in [2.05, 4.69) is 5.10 Å². The van der Waals surface area contributed by atoms with Gasteiger partial charge in [0.05, 0.1) is 26.2 Å². The van der Waals surface area contributed by atoms with Crippen molar-refractivity contribution in [3.05, 3.63) is 74.0 Å². The number of nitro benzene ring substituents is 1. The molecule has 0 atom stereocenters. The molecule has 1 heterocycles. The largest absolute Gasteiger partial charge is 0.454 e. The van der Waals surface area contributed by atoms with Crippen molar-refractivity contribution in [1.29, 1.82) is 0 Å².